The van der Waals surface area contributed by atoms with Crippen molar-refractivity contribution in [3.63, 3.8) is 0 Å². The summed E-state index contributed by atoms with van der Waals surface area (Å²) in [6, 6.07) is 19.6. The SMILES string of the molecule is CC(C)(C)Cc1ccc(C(N)=O)cc1.CC(C)(C)Cc1ccc(C(N)=O)s1.CC(C)(C)Cc1cccs1.[C-]#[N+]c1ccc(CC(C)(C)C)s1. The number of primary amides is 2. The Bertz CT molecular complexity index is 1590. The zero-order valence-electron chi connectivity index (χ0n) is 31.8. The van der Waals surface area contributed by atoms with Gasteiger partial charge in [-0.05, 0) is 99.6 Å². The zero-order valence-corrected chi connectivity index (χ0v) is 34.3. The van der Waals surface area contributed by atoms with Crippen molar-refractivity contribution in [3.8, 4) is 0 Å². The number of hydrogen-bond donors (Lipinski definition) is 2. The second-order valence-corrected chi connectivity index (χ2v) is 20.4. The van der Waals surface area contributed by atoms with Crippen molar-refractivity contribution in [2.45, 2.75) is 109 Å². The van der Waals surface area contributed by atoms with Crippen LogP contribution in [-0.2, 0) is 25.7 Å². The first-order chi connectivity index (χ1) is 22.4. The summed E-state index contributed by atoms with van der Waals surface area (Å²) in [5.74, 6) is -0.697. The average Bonchev–Trinajstić information content (AvgIpc) is 3.70. The molecule has 0 bridgehead atoms. The lowest BCUT2D eigenvalue weighted by Crippen LogP contribution is -2.12. The van der Waals surface area contributed by atoms with Gasteiger partial charge >= 0.3 is 0 Å². The molecule has 3 heterocycles. The zero-order chi connectivity index (χ0) is 37.6. The lowest BCUT2D eigenvalue weighted by molar-refractivity contribution is 0.0993. The summed E-state index contributed by atoms with van der Waals surface area (Å²) in [5.41, 5.74) is 13.4. The van der Waals surface area contributed by atoms with Crippen LogP contribution in [0.25, 0.3) is 4.85 Å². The highest BCUT2D eigenvalue weighted by atomic mass is 32.1. The van der Waals surface area contributed by atoms with Crippen LogP contribution in [0.4, 0.5) is 5.00 Å². The van der Waals surface area contributed by atoms with Crippen LogP contribution in [-0.4, -0.2) is 11.8 Å². The molecule has 8 heteroatoms. The fourth-order valence-corrected chi connectivity index (χ4v) is 7.76. The van der Waals surface area contributed by atoms with Gasteiger partial charge in [0.1, 0.15) is 0 Å². The number of amides is 2. The maximum absolute atomic E-state index is 10.8. The lowest BCUT2D eigenvalue weighted by atomic mass is 9.88. The molecular formula is C41H59N3O2S3. The Balaban J connectivity index is 0.000000329. The smallest absolute Gasteiger partial charge is 0.258 e. The summed E-state index contributed by atoms with van der Waals surface area (Å²) in [7, 11) is 0. The van der Waals surface area contributed by atoms with E-state index in [1.165, 1.54) is 38.0 Å². The van der Waals surface area contributed by atoms with E-state index in [9.17, 15) is 9.59 Å². The van der Waals surface area contributed by atoms with E-state index in [0.717, 1.165) is 24.3 Å². The van der Waals surface area contributed by atoms with E-state index < -0.39 is 0 Å². The quantitative estimate of drug-likeness (QED) is 0.194. The van der Waals surface area contributed by atoms with E-state index in [0.29, 0.717) is 21.3 Å². The van der Waals surface area contributed by atoms with Crippen LogP contribution in [0.3, 0.4) is 0 Å². The first-order valence-corrected chi connectivity index (χ1v) is 19.1. The Hall–Kier alpha value is -3.25. The third-order valence-corrected chi connectivity index (χ3v) is 9.28. The number of nitrogens with zero attached hydrogens (tertiary/aromatic N) is 1. The van der Waals surface area contributed by atoms with E-state index in [1.807, 2.05) is 35.6 Å². The van der Waals surface area contributed by atoms with Gasteiger partial charge in [-0.25, -0.2) is 4.85 Å². The molecule has 0 spiro atoms. The summed E-state index contributed by atoms with van der Waals surface area (Å²) in [6.07, 6.45) is 4.26. The molecule has 0 radical (unpaired) electrons. The van der Waals surface area contributed by atoms with Gasteiger partial charge in [0.25, 0.3) is 5.91 Å². The molecule has 0 fully saturated rings. The third kappa shape index (κ3) is 21.4. The van der Waals surface area contributed by atoms with Crippen LogP contribution >= 0.6 is 34.0 Å². The Morgan fingerprint density at radius 1 is 0.592 bits per heavy atom. The molecule has 0 unspecified atom stereocenters. The third-order valence-electron chi connectivity index (χ3n) is 6.33. The summed E-state index contributed by atoms with van der Waals surface area (Å²) in [5, 5.41) is 2.94. The highest BCUT2D eigenvalue weighted by Gasteiger charge is 2.15. The van der Waals surface area contributed by atoms with Crippen molar-refractivity contribution in [1.82, 2.24) is 0 Å². The number of benzene rings is 1. The topological polar surface area (TPSA) is 90.5 Å². The molecule has 3 aromatic heterocycles. The van der Waals surface area contributed by atoms with E-state index in [1.54, 1.807) is 29.5 Å². The summed E-state index contributed by atoms with van der Waals surface area (Å²) in [4.78, 5) is 29.7. The van der Waals surface area contributed by atoms with Crippen molar-refractivity contribution in [2.24, 2.45) is 33.1 Å². The predicted molar refractivity (Wildman–Crippen MR) is 215 cm³/mol. The number of rotatable bonds is 6. The van der Waals surface area contributed by atoms with Gasteiger partial charge in [-0.2, -0.15) is 11.3 Å². The second kappa shape index (κ2) is 19.2. The second-order valence-electron chi connectivity index (χ2n) is 17.1. The van der Waals surface area contributed by atoms with Crippen molar-refractivity contribution >= 4 is 50.8 Å². The summed E-state index contributed by atoms with van der Waals surface area (Å²) < 4.78 is 0. The van der Waals surface area contributed by atoms with E-state index in [2.05, 4.69) is 112 Å². The van der Waals surface area contributed by atoms with Gasteiger partial charge in [-0.1, -0.05) is 107 Å². The normalized spacial score (nSPS) is 11.5. The van der Waals surface area contributed by atoms with E-state index in [-0.39, 0.29) is 22.6 Å². The molecule has 2 amide bonds. The minimum atomic E-state index is -0.368. The first-order valence-electron chi connectivity index (χ1n) is 16.6. The molecule has 0 aliphatic heterocycles. The van der Waals surface area contributed by atoms with E-state index >= 15 is 0 Å². The van der Waals surface area contributed by atoms with Crippen LogP contribution < -0.4 is 11.5 Å². The number of nitrogens with two attached hydrogens (primary N) is 2. The molecule has 0 saturated heterocycles. The Kier molecular flexibility index (Phi) is 17.2. The van der Waals surface area contributed by atoms with Gasteiger partial charge in [-0.3, -0.25) is 9.59 Å². The fraction of sp³-hybridized carbons (Fsp3) is 0.488. The largest absolute Gasteiger partial charge is 0.366 e. The minimum absolute atomic E-state index is 0.264. The highest BCUT2D eigenvalue weighted by molar-refractivity contribution is 7.16. The molecule has 0 aliphatic carbocycles. The molecular weight excluding hydrogens is 663 g/mol. The number of hydrogen-bond acceptors (Lipinski definition) is 5. The highest BCUT2D eigenvalue weighted by Crippen LogP contribution is 2.30. The molecule has 49 heavy (non-hydrogen) atoms. The monoisotopic (exact) mass is 721 g/mol. The molecule has 1 aromatic carbocycles. The molecule has 4 aromatic rings. The van der Waals surface area contributed by atoms with Crippen molar-refractivity contribution in [3.05, 3.63) is 108 Å². The predicted octanol–water partition coefficient (Wildman–Crippen LogP) is 12.0. The fourth-order valence-electron chi connectivity index (χ4n) is 4.51. The molecule has 268 valence electrons. The van der Waals surface area contributed by atoms with Crippen LogP contribution in [0.5, 0.6) is 0 Å². The van der Waals surface area contributed by atoms with Gasteiger partial charge in [-0.15, -0.1) is 22.7 Å². The maximum Gasteiger partial charge on any atom is 0.258 e. The Labute approximate surface area is 309 Å². The number of carbonyl (C=O) groups is 2. The van der Waals surface area contributed by atoms with E-state index in [4.69, 9.17) is 18.0 Å². The molecule has 4 rings (SSSR count). The van der Waals surface area contributed by atoms with Gasteiger partial charge < -0.3 is 11.5 Å². The minimum Gasteiger partial charge on any atom is -0.366 e. The van der Waals surface area contributed by atoms with Gasteiger partial charge in [0.2, 0.25) is 10.9 Å². The number of carbonyl (C=O) groups excluding carboxylic acids is 2. The first kappa shape index (κ1) is 43.8. The van der Waals surface area contributed by atoms with Crippen LogP contribution in [0.2, 0.25) is 0 Å². The van der Waals surface area contributed by atoms with Crippen molar-refractivity contribution in [2.75, 3.05) is 0 Å². The molecule has 5 nitrogen and oxygen atoms in total. The molecule has 0 aliphatic rings. The molecule has 0 atom stereocenters. The van der Waals surface area contributed by atoms with Gasteiger partial charge in [0.05, 0.1) is 11.4 Å². The van der Waals surface area contributed by atoms with Gasteiger partial charge in [0, 0.05) is 15.3 Å². The van der Waals surface area contributed by atoms with Gasteiger partial charge in [0.15, 0.2) is 0 Å². The summed E-state index contributed by atoms with van der Waals surface area (Å²) in [6.45, 7) is 33.4. The lowest BCUT2D eigenvalue weighted by Gasteiger charge is -2.17. The molecule has 4 N–H and O–H groups in total. The average molecular weight is 722 g/mol. The Morgan fingerprint density at radius 3 is 1.43 bits per heavy atom. The van der Waals surface area contributed by atoms with Crippen LogP contribution in [0.1, 0.15) is 123 Å². The maximum atomic E-state index is 10.8. The number of thiophene rings is 3. The van der Waals surface area contributed by atoms with Crippen molar-refractivity contribution < 1.29 is 9.59 Å². The van der Waals surface area contributed by atoms with Crippen LogP contribution in [0, 0.1) is 28.2 Å². The Morgan fingerprint density at radius 2 is 1.06 bits per heavy atom. The van der Waals surface area contributed by atoms with Crippen LogP contribution in [0.15, 0.2) is 66.0 Å². The molecule has 0 saturated carbocycles. The standard InChI is InChI=1S/C12H17NO.C10H15NOS.C10H13NS.C9H14S/c1-12(2,3)8-9-4-6-10(7-5-9)11(13)14;1-10(2,3)6-7-4-5-8(13-7)9(11)12;1-10(2,3)7-8-5-6-9(11-4)12-8;1-9(2,3)7-8-5-4-6-10-8/h4-7H,8H2,1-3H3,(H2,13,14);4-5H,6H2,1-3H3,(H2,11,12);5-6H,7H2,1-3H3;4-6H,7H2,1-3H3. The summed E-state index contributed by atoms with van der Waals surface area (Å²) >= 11 is 4.95. The van der Waals surface area contributed by atoms with Crippen molar-refractivity contribution in [1.29, 1.82) is 0 Å².